The quantitative estimate of drug-likeness (QED) is 0.0938. The lowest BCUT2D eigenvalue weighted by molar-refractivity contribution is -0.380. The first-order valence-electron chi connectivity index (χ1n) is 12.6. The molecule has 0 aliphatic carbocycles. The Morgan fingerprint density at radius 2 is 1.07 bits per heavy atom. The summed E-state index contributed by atoms with van der Waals surface area (Å²) >= 11 is 0. The van der Waals surface area contributed by atoms with E-state index in [9.17, 15) is 0 Å². The molecule has 30 heavy (non-hydrogen) atoms. The van der Waals surface area contributed by atoms with Gasteiger partial charge in [0.05, 0.1) is 12.9 Å². The lowest BCUT2D eigenvalue weighted by Gasteiger charge is -2.36. The Kier molecular flexibility index (Phi) is 21.2. The van der Waals surface area contributed by atoms with Gasteiger partial charge in [0.1, 0.15) is 0 Å². The van der Waals surface area contributed by atoms with Crippen LogP contribution in [0.15, 0.2) is 12.3 Å². The summed E-state index contributed by atoms with van der Waals surface area (Å²) < 4.78 is 22.4. The molecule has 4 nitrogen and oxygen atoms in total. The van der Waals surface area contributed by atoms with E-state index in [4.69, 9.17) is 18.9 Å². The molecule has 0 aliphatic rings. The summed E-state index contributed by atoms with van der Waals surface area (Å²) in [6.45, 7) is 5.10. The first-order chi connectivity index (χ1) is 14.7. The standard InChI is InChI=1S/C26H52O4/c1-6-8-9-10-15-18-21-25(26(27-3,28-4)29-5)22-19-16-13-11-12-14-17-20-24-30-23-7-2/h7,23,25H,6,8-22,24H2,1-5H3. The van der Waals surface area contributed by atoms with Gasteiger partial charge >= 0.3 is 0 Å². The summed E-state index contributed by atoms with van der Waals surface area (Å²) in [7, 11) is 5.10. The molecule has 0 aromatic heterocycles. The molecular weight excluding hydrogens is 376 g/mol. The summed E-state index contributed by atoms with van der Waals surface area (Å²) in [5.41, 5.74) is 0. The third kappa shape index (κ3) is 14.4. The van der Waals surface area contributed by atoms with Gasteiger partial charge in [-0.2, -0.15) is 0 Å². The van der Waals surface area contributed by atoms with Gasteiger partial charge < -0.3 is 18.9 Å². The van der Waals surface area contributed by atoms with Crippen LogP contribution >= 0.6 is 0 Å². The lowest BCUT2D eigenvalue weighted by atomic mass is 9.91. The first-order valence-corrected chi connectivity index (χ1v) is 12.6. The molecule has 0 fully saturated rings. The molecule has 0 aromatic carbocycles. The van der Waals surface area contributed by atoms with Crippen LogP contribution in [-0.2, 0) is 18.9 Å². The van der Waals surface area contributed by atoms with E-state index in [1.165, 1.54) is 83.5 Å². The topological polar surface area (TPSA) is 36.9 Å². The number of unbranched alkanes of at least 4 members (excludes halogenated alkanes) is 12. The van der Waals surface area contributed by atoms with Crippen LogP contribution in [0.5, 0.6) is 0 Å². The van der Waals surface area contributed by atoms with E-state index >= 15 is 0 Å². The SMILES string of the molecule is CC=COCCCCCCCCCCC(CCCCCCCC)C(OC)(OC)OC. The van der Waals surface area contributed by atoms with Crippen LogP contribution in [0.25, 0.3) is 0 Å². The third-order valence-corrected chi connectivity index (χ3v) is 6.06. The van der Waals surface area contributed by atoms with Gasteiger partial charge in [-0.3, -0.25) is 0 Å². The van der Waals surface area contributed by atoms with Crippen LogP contribution in [0.4, 0.5) is 0 Å². The Hall–Kier alpha value is -0.580. The molecule has 0 aliphatic heterocycles. The van der Waals surface area contributed by atoms with Crippen molar-refractivity contribution in [2.45, 2.75) is 123 Å². The fourth-order valence-electron chi connectivity index (χ4n) is 4.22. The van der Waals surface area contributed by atoms with Crippen LogP contribution in [0.1, 0.15) is 117 Å². The smallest absolute Gasteiger partial charge is 0.285 e. The minimum Gasteiger partial charge on any atom is -0.502 e. The zero-order chi connectivity index (χ0) is 22.3. The number of allylic oxidation sites excluding steroid dienone is 1. The Morgan fingerprint density at radius 1 is 0.633 bits per heavy atom. The van der Waals surface area contributed by atoms with E-state index < -0.39 is 5.97 Å². The molecule has 0 amide bonds. The van der Waals surface area contributed by atoms with E-state index in [0.717, 1.165) is 25.9 Å². The lowest BCUT2D eigenvalue weighted by Crippen LogP contribution is -2.44. The summed E-state index contributed by atoms with van der Waals surface area (Å²) in [6, 6.07) is 0. The fraction of sp³-hybridized carbons (Fsp3) is 0.923. The average Bonchev–Trinajstić information content (AvgIpc) is 2.77. The molecule has 0 rings (SSSR count). The predicted molar refractivity (Wildman–Crippen MR) is 128 cm³/mol. The van der Waals surface area contributed by atoms with Crippen LogP contribution in [0.2, 0.25) is 0 Å². The molecule has 0 aromatic rings. The molecule has 0 saturated heterocycles. The molecule has 0 N–H and O–H groups in total. The molecule has 0 bridgehead atoms. The molecule has 1 atom stereocenters. The zero-order valence-electron chi connectivity index (χ0n) is 20.9. The minimum atomic E-state index is -0.890. The van der Waals surface area contributed by atoms with Crippen molar-refractivity contribution >= 4 is 0 Å². The summed E-state index contributed by atoms with van der Waals surface area (Å²) in [4.78, 5) is 0. The zero-order valence-corrected chi connectivity index (χ0v) is 20.9. The maximum Gasteiger partial charge on any atom is 0.285 e. The second kappa shape index (κ2) is 21.6. The van der Waals surface area contributed by atoms with Crippen molar-refractivity contribution in [3.05, 3.63) is 12.3 Å². The van der Waals surface area contributed by atoms with Crippen molar-refractivity contribution in [1.82, 2.24) is 0 Å². The highest BCUT2D eigenvalue weighted by molar-refractivity contribution is 4.72. The van der Waals surface area contributed by atoms with Gasteiger partial charge in [-0.15, -0.1) is 0 Å². The number of hydrogen-bond donors (Lipinski definition) is 0. The molecule has 4 heteroatoms. The second-order valence-electron chi connectivity index (χ2n) is 8.43. The highest BCUT2D eigenvalue weighted by atomic mass is 16.9. The molecule has 0 heterocycles. The van der Waals surface area contributed by atoms with E-state index in [2.05, 4.69) is 6.92 Å². The summed E-state index contributed by atoms with van der Waals surface area (Å²) in [5, 5.41) is 0. The van der Waals surface area contributed by atoms with Crippen LogP contribution in [0.3, 0.4) is 0 Å². The summed E-state index contributed by atoms with van der Waals surface area (Å²) in [5.74, 6) is -0.598. The van der Waals surface area contributed by atoms with Gasteiger partial charge in [-0.05, 0) is 26.2 Å². The number of rotatable bonds is 23. The molecule has 1 unspecified atom stereocenters. The Bertz CT molecular complexity index is 358. The van der Waals surface area contributed by atoms with Gasteiger partial charge in [0.15, 0.2) is 0 Å². The van der Waals surface area contributed by atoms with Gasteiger partial charge in [0, 0.05) is 27.2 Å². The average molecular weight is 429 g/mol. The Labute approximate surface area is 188 Å². The number of methoxy groups -OCH3 is 3. The van der Waals surface area contributed by atoms with Crippen molar-refractivity contribution in [2.24, 2.45) is 5.92 Å². The van der Waals surface area contributed by atoms with E-state index in [1.54, 1.807) is 27.6 Å². The highest BCUT2D eigenvalue weighted by Gasteiger charge is 2.39. The van der Waals surface area contributed by atoms with Crippen molar-refractivity contribution < 1.29 is 18.9 Å². The van der Waals surface area contributed by atoms with Crippen molar-refractivity contribution in [3.63, 3.8) is 0 Å². The second-order valence-corrected chi connectivity index (χ2v) is 8.43. The summed E-state index contributed by atoms with van der Waals surface area (Å²) in [6.07, 6.45) is 24.0. The van der Waals surface area contributed by atoms with Crippen molar-refractivity contribution in [1.29, 1.82) is 0 Å². The monoisotopic (exact) mass is 428 g/mol. The van der Waals surface area contributed by atoms with Gasteiger partial charge in [-0.25, -0.2) is 0 Å². The maximum absolute atomic E-state index is 5.69. The van der Waals surface area contributed by atoms with Gasteiger partial charge in [0.2, 0.25) is 0 Å². The van der Waals surface area contributed by atoms with E-state index in [-0.39, 0.29) is 0 Å². The third-order valence-electron chi connectivity index (χ3n) is 6.06. The van der Waals surface area contributed by atoms with Crippen molar-refractivity contribution in [3.8, 4) is 0 Å². The molecular formula is C26H52O4. The number of hydrogen-bond acceptors (Lipinski definition) is 4. The molecule has 0 saturated carbocycles. The van der Waals surface area contributed by atoms with Crippen LogP contribution in [-0.4, -0.2) is 33.9 Å². The van der Waals surface area contributed by atoms with Gasteiger partial charge in [-0.1, -0.05) is 96.5 Å². The molecule has 0 spiro atoms. The van der Waals surface area contributed by atoms with E-state index in [1.807, 2.05) is 13.0 Å². The maximum atomic E-state index is 5.69. The Morgan fingerprint density at radius 3 is 1.50 bits per heavy atom. The fourth-order valence-corrected chi connectivity index (χ4v) is 4.22. The first kappa shape index (κ1) is 29.4. The highest BCUT2D eigenvalue weighted by Crippen LogP contribution is 2.33. The molecule has 180 valence electrons. The Balaban J connectivity index is 4.03. The normalized spacial score (nSPS) is 13.2. The predicted octanol–water partition coefficient (Wildman–Crippen LogP) is 8.01. The van der Waals surface area contributed by atoms with E-state index in [0.29, 0.717) is 5.92 Å². The number of ether oxygens (including phenoxy) is 4. The van der Waals surface area contributed by atoms with Gasteiger partial charge in [0.25, 0.3) is 5.97 Å². The van der Waals surface area contributed by atoms with Crippen LogP contribution < -0.4 is 0 Å². The van der Waals surface area contributed by atoms with Crippen molar-refractivity contribution in [2.75, 3.05) is 27.9 Å². The van der Waals surface area contributed by atoms with Crippen LogP contribution in [0, 0.1) is 5.92 Å². The minimum absolute atomic E-state index is 0.292. The molecule has 0 radical (unpaired) electrons. The largest absolute Gasteiger partial charge is 0.502 e.